The van der Waals surface area contributed by atoms with Crippen LogP contribution in [-0.2, 0) is 10.2 Å². The standard InChI is InChI=1S/C23H27NO2/c1-22(2)16-19(18-12-6-7-13-20(18)26-22)24-21(25)23(14-8-9-15-23)17-10-4-3-5-11-17/h3-7,10-13,19H,8-9,14-16H2,1-2H3,(H,24,25). The Balaban J connectivity index is 1.65. The third-order valence-electron chi connectivity index (χ3n) is 5.90. The lowest BCUT2D eigenvalue weighted by Gasteiger charge is -2.39. The molecule has 0 saturated heterocycles. The van der Waals surface area contributed by atoms with E-state index in [4.69, 9.17) is 4.74 Å². The van der Waals surface area contributed by atoms with Gasteiger partial charge in [0.2, 0.25) is 5.91 Å². The Morgan fingerprint density at radius 1 is 1.00 bits per heavy atom. The van der Waals surface area contributed by atoms with Crippen LogP contribution in [0.25, 0.3) is 0 Å². The minimum absolute atomic E-state index is 0.0105. The summed E-state index contributed by atoms with van der Waals surface area (Å²) in [4.78, 5) is 13.5. The molecule has 0 bridgehead atoms. The lowest BCUT2D eigenvalue weighted by Crippen LogP contribution is -2.47. The van der Waals surface area contributed by atoms with Crippen molar-refractivity contribution in [1.82, 2.24) is 5.32 Å². The third kappa shape index (κ3) is 3.00. The van der Waals surface area contributed by atoms with Crippen molar-refractivity contribution in [2.24, 2.45) is 0 Å². The SMILES string of the molecule is CC1(C)CC(NC(=O)C2(c3ccccc3)CCCC2)c2ccccc2O1. The van der Waals surface area contributed by atoms with E-state index in [9.17, 15) is 4.79 Å². The molecule has 0 radical (unpaired) electrons. The van der Waals surface area contributed by atoms with Crippen molar-refractivity contribution < 1.29 is 9.53 Å². The summed E-state index contributed by atoms with van der Waals surface area (Å²) in [6.45, 7) is 4.18. The topological polar surface area (TPSA) is 38.3 Å². The van der Waals surface area contributed by atoms with Crippen molar-refractivity contribution in [3.05, 3.63) is 65.7 Å². The van der Waals surface area contributed by atoms with Gasteiger partial charge in [0.1, 0.15) is 11.4 Å². The molecule has 3 heteroatoms. The van der Waals surface area contributed by atoms with Crippen LogP contribution in [-0.4, -0.2) is 11.5 Å². The number of hydrogen-bond acceptors (Lipinski definition) is 2. The zero-order valence-corrected chi connectivity index (χ0v) is 15.6. The Morgan fingerprint density at radius 3 is 2.38 bits per heavy atom. The van der Waals surface area contributed by atoms with Crippen molar-refractivity contribution in [3.63, 3.8) is 0 Å². The summed E-state index contributed by atoms with van der Waals surface area (Å²) in [5, 5.41) is 3.39. The van der Waals surface area contributed by atoms with Gasteiger partial charge in [0.15, 0.2) is 0 Å². The zero-order chi connectivity index (χ0) is 18.2. The normalized spacial score (nSPS) is 22.9. The maximum absolute atomic E-state index is 13.5. The molecule has 2 aromatic rings. The largest absolute Gasteiger partial charge is 0.487 e. The van der Waals surface area contributed by atoms with Crippen LogP contribution in [0, 0.1) is 0 Å². The van der Waals surface area contributed by atoms with Crippen molar-refractivity contribution in [2.75, 3.05) is 0 Å². The first kappa shape index (κ1) is 17.1. The molecule has 3 nitrogen and oxygen atoms in total. The van der Waals surface area contributed by atoms with E-state index in [1.807, 2.05) is 36.4 Å². The van der Waals surface area contributed by atoms with Gasteiger partial charge >= 0.3 is 0 Å². The lowest BCUT2D eigenvalue weighted by atomic mass is 9.77. The van der Waals surface area contributed by atoms with Crippen LogP contribution in [0.1, 0.15) is 63.1 Å². The smallest absolute Gasteiger partial charge is 0.231 e. The first-order valence-corrected chi connectivity index (χ1v) is 9.65. The van der Waals surface area contributed by atoms with Gasteiger partial charge < -0.3 is 10.1 Å². The molecule has 1 aliphatic heterocycles. The highest BCUT2D eigenvalue weighted by Gasteiger charge is 2.44. The number of benzene rings is 2. The second-order valence-electron chi connectivity index (χ2n) is 8.28. The van der Waals surface area contributed by atoms with Gasteiger partial charge in [-0.1, -0.05) is 61.4 Å². The van der Waals surface area contributed by atoms with E-state index in [0.717, 1.165) is 49.0 Å². The fourth-order valence-electron chi connectivity index (χ4n) is 4.61. The molecule has 1 fully saturated rings. The number of fused-ring (bicyclic) bond motifs is 1. The highest BCUT2D eigenvalue weighted by molar-refractivity contribution is 5.89. The molecule has 26 heavy (non-hydrogen) atoms. The average molecular weight is 349 g/mol. The highest BCUT2D eigenvalue weighted by atomic mass is 16.5. The molecular weight excluding hydrogens is 322 g/mol. The molecule has 1 aliphatic carbocycles. The average Bonchev–Trinajstić information content (AvgIpc) is 3.13. The lowest BCUT2D eigenvalue weighted by molar-refractivity contribution is -0.128. The minimum Gasteiger partial charge on any atom is -0.487 e. The number of ether oxygens (including phenoxy) is 1. The fraction of sp³-hybridized carbons (Fsp3) is 0.435. The predicted octanol–water partition coefficient (Wildman–Crippen LogP) is 4.92. The fourth-order valence-corrected chi connectivity index (χ4v) is 4.61. The Bertz CT molecular complexity index is 791. The quantitative estimate of drug-likeness (QED) is 0.854. The molecule has 1 unspecified atom stereocenters. The second kappa shape index (κ2) is 6.46. The third-order valence-corrected chi connectivity index (χ3v) is 5.90. The van der Waals surface area contributed by atoms with Crippen molar-refractivity contribution in [1.29, 1.82) is 0 Å². The molecule has 136 valence electrons. The van der Waals surface area contributed by atoms with Crippen molar-refractivity contribution >= 4 is 5.91 Å². The van der Waals surface area contributed by atoms with Gasteiger partial charge in [-0.25, -0.2) is 0 Å². The van der Waals surface area contributed by atoms with Crippen molar-refractivity contribution in [2.45, 2.75) is 63.0 Å². The Hall–Kier alpha value is -2.29. The zero-order valence-electron chi connectivity index (χ0n) is 15.6. The van der Waals surface area contributed by atoms with Gasteiger partial charge in [0.25, 0.3) is 0 Å². The van der Waals surface area contributed by atoms with Gasteiger partial charge in [-0.2, -0.15) is 0 Å². The number of nitrogens with one attached hydrogen (secondary N) is 1. The van der Waals surface area contributed by atoms with Crippen LogP contribution in [0.4, 0.5) is 0 Å². The first-order chi connectivity index (χ1) is 12.5. The van der Waals surface area contributed by atoms with E-state index in [1.165, 1.54) is 0 Å². The van der Waals surface area contributed by atoms with Crippen LogP contribution in [0.3, 0.4) is 0 Å². The molecule has 1 heterocycles. The Morgan fingerprint density at radius 2 is 1.65 bits per heavy atom. The summed E-state index contributed by atoms with van der Waals surface area (Å²) >= 11 is 0. The van der Waals surface area contributed by atoms with Gasteiger partial charge in [0, 0.05) is 12.0 Å². The molecular formula is C23H27NO2. The van der Waals surface area contributed by atoms with Gasteiger partial charge in [-0.15, -0.1) is 0 Å². The van der Waals surface area contributed by atoms with E-state index in [2.05, 4.69) is 37.4 Å². The number of para-hydroxylation sites is 1. The molecule has 2 aliphatic rings. The van der Waals surface area contributed by atoms with E-state index in [0.29, 0.717) is 0 Å². The van der Waals surface area contributed by atoms with Gasteiger partial charge in [-0.05, 0) is 38.3 Å². The molecule has 4 rings (SSSR count). The molecule has 2 aromatic carbocycles. The molecule has 0 aromatic heterocycles. The molecule has 1 saturated carbocycles. The summed E-state index contributed by atoms with van der Waals surface area (Å²) in [7, 11) is 0. The Labute approximate surface area is 155 Å². The van der Waals surface area contributed by atoms with Gasteiger partial charge in [0.05, 0.1) is 11.5 Å². The molecule has 0 spiro atoms. The van der Waals surface area contributed by atoms with E-state index in [1.54, 1.807) is 0 Å². The number of amides is 1. The van der Waals surface area contributed by atoms with Crippen molar-refractivity contribution in [3.8, 4) is 5.75 Å². The number of hydrogen-bond donors (Lipinski definition) is 1. The second-order valence-corrected chi connectivity index (χ2v) is 8.28. The number of carbonyl (C=O) groups excluding carboxylic acids is 1. The number of carbonyl (C=O) groups is 1. The molecule has 1 amide bonds. The monoisotopic (exact) mass is 349 g/mol. The Kier molecular flexibility index (Phi) is 4.26. The summed E-state index contributed by atoms with van der Waals surface area (Å²) in [6, 6.07) is 18.4. The number of rotatable bonds is 3. The van der Waals surface area contributed by atoms with Crippen LogP contribution >= 0.6 is 0 Å². The summed E-state index contributed by atoms with van der Waals surface area (Å²) < 4.78 is 6.12. The van der Waals surface area contributed by atoms with Crippen LogP contribution < -0.4 is 10.1 Å². The first-order valence-electron chi connectivity index (χ1n) is 9.65. The van der Waals surface area contributed by atoms with Crippen LogP contribution in [0.15, 0.2) is 54.6 Å². The predicted molar refractivity (Wildman–Crippen MR) is 103 cm³/mol. The molecule has 1 atom stereocenters. The van der Waals surface area contributed by atoms with Crippen LogP contribution in [0.5, 0.6) is 5.75 Å². The van der Waals surface area contributed by atoms with E-state index < -0.39 is 5.41 Å². The summed E-state index contributed by atoms with van der Waals surface area (Å²) in [5.41, 5.74) is 1.55. The highest BCUT2D eigenvalue weighted by Crippen LogP contribution is 2.44. The summed E-state index contributed by atoms with van der Waals surface area (Å²) in [6.07, 6.45) is 4.85. The van der Waals surface area contributed by atoms with Crippen LogP contribution in [0.2, 0.25) is 0 Å². The molecule has 1 N–H and O–H groups in total. The van der Waals surface area contributed by atoms with E-state index >= 15 is 0 Å². The maximum atomic E-state index is 13.5. The minimum atomic E-state index is -0.390. The maximum Gasteiger partial charge on any atom is 0.231 e. The summed E-state index contributed by atoms with van der Waals surface area (Å²) in [5.74, 6) is 1.05. The van der Waals surface area contributed by atoms with E-state index in [-0.39, 0.29) is 17.6 Å². The van der Waals surface area contributed by atoms with Gasteiger partial charge in [-0.3, -0.25) is 4.79 Å².